The molecule has 0 unspecified atom stereocenters. The summed E-state index contributed by atoms with van der Waals surface area (Å²) in [5.41, 5.74) is 2.71. The van der Waals surface area contributed by atoms with E-state index in [9.17, 15) is 14.4 Å². The third-order valence-electron chi connectivity index (χ3n) is 8.68. The molecule has 2 fully saturated rings. The smallest absolute Gasteiger partial charge is 0.248 e. The SMILES string of the molecule is CC(C)[C@@H]1NC(=O)[C@@H]2CCCN2C(=O)[C@H](Cc2ccc(OCc3ccccc3)cc2)n2cc(nn2)[C@@H]2CCCN2C1=O. The molecule has 10 nitrogen and oxygen atoms in total. The molecule has 0 saturated carbocycles. The van der Waals surface area contributed by atoms with Gasteiger partial charge in [0.2, 0.25) is 17.7 Å². The van der Waals surface area contributed by atoms with Crippen LogP contribution in [0.25, 0.3) is 0 Å². The Labute approximate surface area is 246 Å². The fourth-order valence-corrected chi connectivity index (χ4v) is 6.35. The zero-order valence-corrected chi connectivity index (χ0v) is 24.2. The van der Waals surface area contributed by atoms with Crippen LogP contribution in [0.15, 0.2) is 60.8 Å². The van der Waals surface area contributed by atoms with Gasteiger partial charge in [0.15, 0.2) is 0 Å². The second kappa shape index (κ2) is 12.0. The van der Waals surface area contributed by atoms with Crippen LogP contribution in [0.3, 0.4) is 0 Å². The fourth-order valence-electron chi connectivity index (χ4n) is 6.35. The quantitative estimate of drug-likeness (QED) is 0.486. The Bertz CT molecular complexity index is 1420. The molecule has 0 radical (unpaired) electrons. The molecule has 10 heteroatoms. The number of hydrogen-bond donors (Lipinski definition) is 1. The number of benzene rings is 2. The molecule has 2 bridgehead atoms. The van der Waals surface area contributed by atoms with E-state index in [1.807, 2.05) is 79.5 Å². The van der Waals surface area contributed by atoms with E-state index in [-0.39, 0.29) is 29.7 Å². The first-order chi connectivity index (χ1) is 20.4. The van der Waals surface area contributed by atoms with Gasteiger partial charge in [-0.25, -0.2) is 4.68 Å². The lowest BCUT2D eigenvalue weighted by Crippen LogP contribution is -2.56. The number of nitrogens with one attached hydrogen (secondary N) is 1. The van der Waals surface area contributed by atoms with Gasteiger partial charge < -0.3 is 19.9 Å². The Balaban J connectivity index is 1.29. The molecular weight excluding hydrogens is 532 g/mol. The highest BCUT2D eigenvalue weighted by Crippen LogP contribution is 2.33. The van der Waals surface area contributed by atoms with Crippen molar-refractivity contribution in [2.24, 2.45) is 5.92 Å². The molecule has 2 saturated heterocycles. The maximum absolute atomic E-state index is 14.2. The maximum Gasteiger partial charge on any atom is 0.248 e. The van der Waals surface area contributed by atoms with Crippen LogP contribution >= 0.6 is 0 Å². The molecule has 4 heterocycles. The average molecular weight is 571 g/mol. The minimum absolute atomic E-state index is 0.0959. The van der Waals surface area contributed by atoms with Gasteiger partial charge in [0.25, 0.3) is 0 Å². The van der Waals surface area contributed by atoms with Crippen molar-refractivity contribution < 1.29 is 19.1 Å². The van der Waals surface area contributed by atoms with Crippen LogP contribution in [0, 0.1) is 5.92 Å². The van der Waals surface area contributed by atoms with E-state index in [2.05, 4.69) is 15.6 Å². The van der Waals surface area contributed by atoms with Gasteiger partial charge in [-0.05, 0) is 54.9 Å². The van der Waals surface area contributed by atoms with Crippen molar-refractivity contribution in [3.05, 3.63) is 77.6 Å². The molecule has 1 N–H and O–H groups in total. The number of fused-ring (bicyclic) bond motifs is 5. The van der Waals surface area contributed by atoms with E-state index < -0.39 is 18.1 Å². The van der Waals surface area contributed by atoms with Crippen molar-refractivity contribution >= 4 is 17.7 Å². The van der Waals surface area contributed by atoms with Crippen LogP contribution in [0.4, 0.5) is 0 Å². The number of ether oxygens (including phenoxy) is 1. The molecule has 3 aliphatic rings. The van der Waals surface area contributed by atoms with Crippen molar-refractivity contribution in [2.45, 2.75) is 76.7 Å². The topological polar surface area (TPSA) is 110 Å². The summed E-state index contributed by atoms with van der Waals surface area (Å²) in [7, 11) is 0. The van der Waals surface area contributed by atoms with Gasteiger partial charge in [-0.15, -0.1) is 5.10 Å². The third kappa shape index (κ3) is 5.62. The van der Waals surface area contributed by atoms with Crippen LogP contribution in [0.2, 0.25) is 0 Å². The van der Waals surface area contributed by atoms with Gasteiger partial charge in [-0.2, -0.15) is 0 Å². The standard InChI is InChI=1S/C32H38N6O4/c1-21(2)29-32(41)36-16-6-10-26(36)25-19-38(35-34-25)28(31(40)37-17-7-11-27(37)30(39)33-29)18-22-12-14-24(15-13-22)42-20-23-8-4-3-5-9-23/h3-5,8-9,12-15,19,21,26-29H,6-7,10-11,16-18,20H2,1-2H3,(H,33,39)/t26-,27-,28-,29-/m0/s1. The lowest BCUT2D eigenvalue weighted by molar-refractivity contribution is -0.143. The highest BCUT2D eigenvalue weighted by Gasteiger charge is 2.43. The lowest BCUT2D eigenvalue weighted by atomic mass is 10.0. The molecule has 220 valence electrons. The molecule has 3 amide bonds. The van der Waals surface area contributed by atoms with E-state index in [0.29, 0.717) is 38.2 Å². The van der Waals surface area contributed by atoms with Crippen LogP contribution in [-0.4, -0.2) is 67.7 Å². The average Bonchev–Trinajstić information content (AvgIpc) is 3.78. The second-order valence-corrected chi connectivity index (χ2v) is 11.9. The Morgan fingerprint density at radius 3 is 2.29 bits per heavy atom. The molecule has 4 atom stereocenters. The second-order valence-electron chi connectivity index (χ2n) is 11.9. The molecule has 3 aliphatic heterocycles. The highest BCUT2D eigenvalue weighted by molar-refractivity contribution is 5.93. The Morgan fingerprint density at radius 1 is 0.881 bits per heavy atom. The van der Waals surface area contributed by atoms with E-state index in [1.54, 1.807) is 9.58 Å². The van der Waals surface area contributed by atoms with Gasteiger partial charge in [-0.1, -0.05) is 61.5 Å². The van der Waals surface area contributed by atoms with Crippen LogP contribution in [0.1, 0.15) is 68.4 Å². The van der Waals surface area contributed by atoms with E-state index in [1.165, 1.54) is 0 Å². The van der Waals surface area contributed by atoms with Gasteiger partial charge in [0.05, 0.1) is 12.2 Å². The van der Waals surface area contributed by atoms with E-state index >= 15 is 0 Å². The predicted octanol–water partition coefficient (Wildman–Crippen LogP) is 3.45. The number of hydrogen-bond acceptors (Lipinski definition) is 6. The molecule has 0 spiro atoms. The summed E-state index contributed by atoms with van der Waals surface area (Å²) in [4.78, 5) is 44.9. The summed E-state index contributed by atoms with van der Waals surface area (Å²) in [5, 5.41) is 11.9. The minimum atomic E-state index is -0.678. The molecule has 42 heavy (non-hydrogen) atoms. The molecule has 2 aromatic carbocycles. The summed E-state index contributed by atoms with van der Waals surface area (Å²) in [5.74, 6) is 0.121. The van der Waals surface area contributed by atoms with Gasteiger partial charge in [0, 0.05) is 19.5 Å². The Hall–Kier alpha value is -4.21. The number of rotatable bonds is 6. The van der Waals surface area contributed by atoms with E-state index in [0.717, 1.165) is 36.1 Å². The largest absolute Gasteiger partial charge is 0.489 e. The van der Waals surface area contributed by atoms with E-state index in [4.69, 9.17) is 4.74 Å². The summed E-state index contributed by atoms with van der Waals surface area (Å²) in [6, 6.07) is 15.5. The number of aromatic nitrogens is 3. The number of amides is 3. The molecular formula is C32H38N6O4. The summed E-state index contributed by atoms with van der Waals surface area (Å²) in [6.45, 7) is 5.43. The molecule has 3 aromatic rings. The number of nitrogens with zero attached hydrogens (tertiary/aromatic N) is 5. The minimum Gasteiger partial charge on any atom is -0.489 e. The first-order valence-corrected chi connectivity index (χ1v) is 15.0. The van der Waals surface area contributed by atoms with Gasteiger partial charge in [0.1, 0.15) is 36.2 Å². The van der Waals surface area contributed by atoms with Crippen molar-refractivity contribution in [1.82, 2.24) is 30.1 Å². The monoisotopic (exact) mass is 570 g/mol. The zero-order chi connectivity index (χ0) is 29.2. The Morgan fingerprint density at radius 2 is 1.57 bits per heavy atom. The lowest BCUT2D eigenvalue weighted by Gasteiger charge is -2.32. The van der Waals surface area contributed by atoms with Crippen molar-refractivity contribution in [1.29, 1.82) is 0 Å². The first kappa shape index (κ1) is 27.9. The highest BCUT2D eigenvalue weighted by atomic mass is 16.5. The van der Waals surface area contributed by atoms with Crippen LogP contribution in [-0.2, 0) is 27.4 Å². The van der Waals surface area contributed by atoms with Crippen LogP contribution < -0.4 is 10.1 Å². The molecule has 1 aromatic heterocycles. The Kier molecular flexibility index (Phi) is 7.95. The predicted molar refractivity (Wildman–Crippen MR) is 155 cm³/mol. The summed E-state index contributed by atoms with van der Waals surface area (Å²) >= 11 is 0. The normalized spacial score (nSPS) is 24.5. The zero-order valence-electron chi connectivity index (χ0n) is 24.2. The van der Waals surface area contributed by atoms with Gasteiger partial charge in [-0.3, -0.25) is 14.4 Å². The number of carbonyl (C=O) groups excluding carboxylic acids is 3. The van der Waals surface area contributed by atoms with Crippen molar-refractivity contribution in [2.75, 3.05) is 13.1 Å². The molecule has 6 rings (SSSR count). The third-order valence-corrected chi connectivity index (χ3v) is 8.68. The molecule has 0 aliphatic carbocycles. The van der Waals surface area contributed by atoms with Crippen molar-refractivity contribution in [3.63, 3.8) is 0 Å². The van der Waals surface area contributed by atoms with Crippen LogP contribution in [0.5, 0.6) is 5.75 Å². The summed E-state index contributed by atoms with van der Waals surface area (Å²) < 4.78 is 7.58. The fraction of sp³-hybridized carbons (Fsp3) is 0.469. The summed E-state index contributed by atoms with van der Waals surface area (Å²) in [6.07, 6.45) is 5.10. The van der Waals surface area contributed by atoms with Gasteiger partial charge >= 0.3 is 0 Å². The number of carbonyl (C=O) groups is 3. The van der Waals surface area contributed by atoms with Crippen molar-refractivity contribution in [3.8, 4) is 5.75 Å². The maximum atomic E-state index is 14.2. The first-order valence-electron chi connectivity index (χ1n) is 15.0.